The fraction of sp³-hybridized carbons (Fsp3) is 0.0909. The number of hydrogen-bond acceptors (Lipinski definition) is 4. The highest BCUT2D eigenvalue weighted by Gasteiger charge is 2.01. The number of rotatable bonds is 2. The average molecular weight is 217 g/mol. The fourth-order valence-electron chi connectivity index (χ4n) is 1.11. The predicted molar refractivity (Wildman–Crippen MR) is 61.7 cm³/mol. The number of nitrogens with zero attached hydrogens (tertiary/aromatic N) is 2. The molecule has 0 amide bonds. The second-order valence-corrected chi connectivity index (χ2v) is 4.25. The van der Waals surface area contributed by atoms with Crippen molar-refractivity contribution in [3.05, 3.63) is 42.4 Å². The molecule has 2 heterocycles. The fourth-order valence-corrected chi connectivity index (χ4v) is 1.88. The number of hydrogen-bond donors (Lipinski definition) is 1. The van der Waals surface area contributed by atoms with Crippen LogP contribution in [0.2, 0.25) is 0 Å². The normalized spacial score (nSPS) is 10.2. The van der Waals surface area contributed by atoms with E-state index in [1.165, 1.54) is 0 Å². The lowest BCUT2D eigenvalue weighted by atomic mass is 10.3. The van der Waals surface area contributed by atoms with Gasteiger partial charge < -0.3 is 5.73 Å². The summed E-state index contributed by atoms with van der Waals surface area (Å²) in [6.07, 6.45) is 5.23. The molecule has 2 rings (SSSR count). The summed E-state index contributed by atoms with van der Waals surface area (Å²) in [6, 6.07) is 5.91. The quantitative estimate of drug-likeness (QED) is 0.839. The molecule has 2 aromatic heterocycles. The van der Waals surface area contributed by atoms with Crippen molar-refractivity contribution in [1.82, 2.24) is 9.97 Å². The highest BCUT2D eigenvalue weighted by atomic mass is 32.2. The van der Waals surface area contributed by atoms with Gasteiger partial charge in [0, 0.05) is 17.3 Å². The van der Waals surface area contributed by atoms with Gasteiger partial charge in [0.25, 0.3) is 0 Å². The zero-order chi connectivity index (χ0) is 10.7. The molecule has 2 N–H and O–H groups in total. The Morgan fingerprint density at radius 3 is 2.73 bits per heavy atom. The van der Waals surface area contributed by atoms with E-state index in [2.05, 4.69) is 9.97 Å². The molecule has 0 fully saturated rings. The number of anilines is 1. The molecule has 0 saturated carbocycles. The minimum Gasteiger partial charge on any atom is -0.397 e. The molecule has 0 saturated heterocycles. The number of aromatic nitrogens is 2. The summed E-state index contributed by atoms with van der Waals surface area (Å²) in [5.41, 5.74) is 7.63. The molecule has 0 aromatic carbocycles. The SMILES string of the molecule is Cc1ccc(Sc2ccncc2N)nc1. The second-order valence-electron chi connectivity index (χ2n) is 3.19. The first-order chi connectivity index (χ1) is 7.25. The molecule has 3 nitrogen and oxygen atoms in total. The predicted octanol–water partition coefficient (Wildman–Crippen LogP) is 2.52. The Bertz CT molecular complexity index is 454. The first kappa shape index (κ1) is 9.98. The molecule has 0 aliphatic carbocycles. The van der Waals surface area contributed by atoms with Crippen LogP contribution in [0.1, 0.15) is 5.56 Å². The van der Waals surface area contributed by atoms with Crippen LogP contribution in [0.3, 0.4) is 0 Å². The lowest BCUT2D eigenvalue weighted by molar-refractivity contribution is 1.11. The standard InChI is InChI=1S/C11H11N3S/c1-8-2-3-11(14-6-8)15-10-4-5-13-7-9(10)12/h2-7H,12H2,1H3. The van der Waals surface area contributed by atoms with Crippen LogP contribution >= 0.6 is 11.8 Å². The Labute approximate surface area is 92.8 Å². The summed E-state index contributed by atoms with van der Waals surface area (Å²) in [7, 11) is 0. The molecule has 0 bridgehead atoms. The van der Waals surface area contributed by atoms with Crippen molar-refractivity contribution in [2.75, 3.05) is 5.73 Å². The molecule has 15 heavy (non-hydrogen) atoms. The molecule has 0 spiro atoms. The maximum absolute atomic E-state index is 5.79. The smallest absolute Gasteiger partial charge is 0.101 e. The lowest BCUT2D eigenvalue weighted by Crippen LogP contribution is -1.89. The van der Waals surface area contributed by atoms with Gasteiger partial charge in [0.2, 0.25) is 0 Å². The maximum Gasteiger partial charge on any atom is 0.101 e. The Kier molecular flexibility index (Phi) is 2.87. The molecule has 0 aliphatic rings. The van der Waals surface area contributed by atoms with E-state index in [-0.39, 0.29) is 0 Å². The van der Waals surface area contributed by atoms with E-state index >= 15 is 0 Å². The van der Waals surface area contributed by atoms with Crippen molar-refractivity contribution in [3.8, 4) is 0 Å². The van der Waals surface area contributed by atoms with Crippen molar-refractivity contribution in [1.29, 1.82) is 0 Å². The first-order valence-electron chi connectivity index (χ1n) is 4.56. The summed E-state index contributed by atoms with van der Waals surface area (Å²) in [5, 5.41) is 0.943. The third-order valence-corrected chi connectivity index (χ3v) is 2.95. The van der Waals surface area contributed by atoms with Gasteiger partial charge in [0.05, 0.1) is 11.9 Å². The molecule has 0 atom stereocenters. The van der Waals surface area contributed by atoms with Crippen molar-refractivity contribution < 1.29 is 0 Å². The van der Waals surface area contributed by atoms with E-state index in [4.69, 9.17) is 5.73 Å². The van der Waals surface area contributed by atoms with Gasteiger partial charge in [-0.3, -0.25) is 4.98 Å². The van der Waals surface area contributed by atoms with Crippen LogP contribution < -0.4 is 5.73 Å². The minimum absolute atomic E-state index is 0.685. The van der Waals surface area contributed by atoms with E-state index < -0.39 is 0 Å². The van der Waals surface area contributed by atoms with Crippen molar-refractivity contribution in [2.24, 2.45) is 0 Å². The van der Waals surface area contributed by atoms with E-state index in [1.807, 2.05) is 31.3 Å². The molecular weight excluding hydrogens is 206 g/mol. The Hall–Kier alpha value is -1.55. The van der Waals surface area contributed by atoms with E-state index in [9.17, 15) is 0 Å². The summed E-state index contributed by atoms with van der Waals surface area (Å²) < 4.78 is 0. The van der Waals surface area contributed by atoms with Gasteiger partial charge in [-0.05, 0) is 24.6 Å². The maximum atomic E-state index is 5.79. The van der Waals surface area contributed by atoms with Gasteiger partial charge in [-0.2, -0.15) is 0 Å². The lowest BCUT2D eigenvalue weighted by Gasteiger charge is -2.03. The Morgan fingerprint density at radius 2 is 2.07 bits per heavy atom. The van der Waals surface area contributed by atoms with Gasteiger partial charge in [-0.1, -0.05) is 17.8 Å². The van der Waals surface area contributed by atoms with Crippen LogP contribution in [0.5, 0.6) is 0 Å². The van der Waals surface area contributed by atoms with E-state index in [0.717, 1.165) is 15.5 Å². The topological polar surface area (TPSA) is 51.8 Å². The van der Waals surface area contributed by atoms with Crippen LogP contribution in [0.4, 0.5) is 5.69 Å². The van der Waals surface area contributed by atoms with Gasteiger partial charge in [-0.15, -0.1) is 0 Å². The van der Waals surface area contributed by atoms with Gasteiger partial charge >= 0.3 is 0 Å². The van der Waals surface area contributed by atoms with Crippen molar-refractivity contribution in [2.45, 2.75) is 16.8 Å². The number of nitrogen functional groups attached to an aromatic ring is 1. The largest absolute Gasteiger partial charge is 0.397 e. The van der Waals surface area contributed by atoms with Gasteiger partial charge in [0.15, 0.2) is 0 Å². The Morgan fingerprint density at radius 1 is 1.20 bits per heavy atom. The summed E-state index contributed by atoms with van der Waals surface area (Å²) >= 11 is 1.55. The summed E-state index contributed by atoms with van der Waals surface area (Å²) in [5.74, 6) is 0. The van der Waals surface area contributed by atoms with Crippen LogP contribution in [-0.2, 0) is 0 Å². The van der Waals surface area contributed by atoms with Gasteiger partial charge in [-0.25, -0.2) is 4.98 Å². The molecule has 2 aromatic rings. The minimum atomic E-state index is 0.685. The summed E-state index contributed by atoms with van der Waals surface area (Å²) in [6.45, 7) is 2.02. The average Bonchev–Trinajstić information content (AvgIpc) is 2.25. The molecule has 76 valence electrons. The van der Waals surface area contributed by atoms with Crippen LogP contribution in [0.15, 0.2) is 46.7 Å². The molecule has 0 unspecified atom stereocenters. The molecule has 4 heteroatoms. The van der Waals surface area contributed by atoms with Crippen molar-refractivity contribution in [3.63, 3.8) is 0 Å². The van der Waals surface area contributed by atoms with Crippen LogP contribution in [0.25, 0.3) is 0 Å². The number of pyridine rings is 2. The molecule has 0 radical (unpaired) electrons. The van der Waals surface area contributed by atoms with Crippen molar-refractivity contribution >= 4 is 17.4 Å². The zero-order valence-electron chi connectivity index (χ0n) is 8.34. The zero-order valence-corrected chi connectivity index (χ0v) is 9.16. The third-order valence-electron chi connectivity index (χ3n) is 1.91. The Balaban J connectivity index is 2.22. The number of nitrogens with two attached hydrogens (primary N) is 1. The molecule has 0 aliphatic heterocycles. The number of aryl methyl sites for hydroxylation is 1. The van der Waals surface area contributed by atoms with E-state index in [1.54, 1.807) is 24.2 Å². The third kappa shape index (κ3) is 2.47. The highest BCUT2D eigenvalue weighted by molar-refractivity contribution is 7.99. The van der Waals surface area contributed by atoms with Crippen LogP contribution in [0, 0.1) is 6.92 Å². The first-order valence-corrected chi connectivity index (χ1v) is 5.37. The van der Waals surface area contributed by atoms with E-state index in [0.29, 0.717) is 5.69 Å². The van der Waals surface area contributed by atoms with Gasteiger partial charge in [0.1, 0.15) is 5.03 Å². The monoisotopic (exact) mass is 217 g/mol. The summed E-state index contributed by atoms with van der Waals surface area (Å²) in [4.78, 5) is 9.23. The second kappa shape index (κ2) is 4.31. The molecular formula is C11H11N3S. The van der Waals surface area contributed by atoms with Crippen LogP contribution in [-0.4, -0.2) is 9.97 Å². The highest BCUT2D eigenvalue weighted by Crippen LogP contribution is 2.29.